The number of rotatable bonds is 6. The molecular formula is C27H30O15. The Balaban J connectivity index is 1.38. The van der Waals surface area contributed by atoms with Crippen molar-refractivity contribution in [1.29, 1.82) is 0 Å². The molecule has 0 amide bonds. The van der Waals surface area contributed by atoms with Crippen LogP contribution in [0.5, 0.6) is 23.0 Å². The van der Waals surface area contributed by atoms with Crippen LogP contribution < -0.4 is 10.2 Å². The van der Waals surface area contributed by atoms with Crippen molar-refractivity contribution in [3.63, 3.8) is 0 Å². The van der Waals surface area contributed by atoms with Gasteiger partial charge in [-0.3, -0.25) is 4.79 Å². The van der Waals surface area contributed by atoms with Crippen molar-refractivity contribution in [2.75, 3.05) is 6.61 Å². The highest BCUT2D eigenvalue weighted by Crippen LogP contribution is 2.36. The molecule has 228 valence electrons. The zero-order valence-corrected chi connectivity index (χ0v) is 21.9. The minimum atomic E-state index is -1.82. The summed E-state index contributed by atoms with van der Waals surface area (Å²) in [7, 11) is 0. The van der Waals surface area contributed by atoms with E-state index in [0.29, 0.717) is 0 Å². The molecule has 2 aromatic carbocycles. The summed E-state index contributed by atoms with van der Waals surface area (Å²) in [6.45, 7) is 0.670. The van der Waals surface area contributed by atoms with E-state index < -0.39 is 84.9 Å². The monoisotopic (exact) mass is 594 g/mol. The van der Waals surface area contributed by atoms with E-state index >= 15 is 0 Å². The third-order valence-electron chi connectivity index (χ3n) is 7.22. The number of benzene rings is 2. The van der Waals surface area contributed by atoms with Gasteiger partial charge in [0, 0.05) is 23.8 Å². The van der Waals surface area contributed by atoms with Gasteiger partial charge in [0.2, 0.25) is 6.29 Å². The Morgan fingerprint density at radius 2 is 1.50 bits per heavy atom. The van der Waals surface area contributed by atoms with Crippen LogP contribution in [0.1, 0.15) is 6.92 Å². The number of ether oxygens (including phenoxy) is 4. The van der Waals surface area contributed by atoms with Gasteiger partial charge in [-0.15, -0.1) is 0 Å². The van der Waals surface area contributed by atoms with Crippen LogP contribution in [0.4, 0.5) is 0 Å². The molecular weight excluding hydrogens is 564 g/mol. The van der Waals surface area contributed by atoms with Gasteiger partial charge in [0.25, 0.3) is 0 Å². The van der Waals surface area contributed by atoms with E-state index in [-0.39, 0.29) is 33.8 Å². The molecule has 0 radical (unpaired) electrons. The van der Waals surface area contributed by atoms with Crippen molar-refractivity contribution >= 4 is 11.0 Å². The summed E-state index contributed by atoms with van der Waals surface area (Å²) in [5, 5.41) is 91.4. The smallest absolute Gasteiger partial charge is 0.229 e. The van der Waals surface area contributed by atoms with E-state index in [1.165, 1.54) is 31.2 Å². The van der Waals surface area contributed by atoms with Crippen LogP contribution in [0.2, 0.25) is 0 Å². The molecule has 0 saturated carbocycles. The van der Waals surface area contributed by atoms with Crippen LogP contribution in [-0.4, -0.2) is 114 Å². The molecule has 2 aliphatic heterocycles. The predicted molar refractivity (Wildman–Crippen MR) is 139 cm³/mol. The summed E-state index contributed by atoms with van der Waals surface area (Å²) in [6, 6.07) is 7.09. The van der Waals surface area contributed by atoms with Gasteiger partial charge in [0.05, 0.1) is 12.7 Å². The van der Waals surface area contributed by atoms with Crippen molar-refractivity contribution in [3.05, 3.63) is 46.6 Å². The lowest BCUT2D eigenvalue weighted by molar-refractivity contribution is -0.349. The van der Waals surface area contributed by atoms with Gasteiger partial charge in [0.15, 0.2) is 23.2 Å². The highest BCUT2D eigenvalue weighted by molar-refractivity contribution is 5.86. The van der Waals surface area contributed by atoms with Crippen molar-refractivity contribution in [3.8, 4) is 34.3 Å². The van der Waals surface area contributed by atoms with Crippen molar-refractivity contribution < 1.29 is 69.3 Å². The van der Waals surface area contributed by atoms with Gasteiger partial charge in [0.1, 0.15) is 71.0 Å². The Bertz CT molecular complexity index is 1490. The third-order valence-corrected chi connectivity index (χ3v) is 7.22. The second kappa shape index (κ2) is 11.6. The van der Waals surface area contributed by atoms with Gasteiger partial charge in [-0.05, 0) is 25.1 Å². The largest absolute Gasteiger partial charge is 0.507 e. The zero-order chi connectivity index (χ0) is 30.5. The van der Waals surface area contributed by atoms with Gasteiger partial charge < -0.3 is 69.3 Å². The number of aliphatic hydroxyl groups is 6. The SMILES string of the molecule is C[C@@H]1O[C@@H](O[C@H]2[C@H](O)[C@@H](O)[C@@H](Oc3cc(O)c4c(=O)cc(-c5ccc(O)c(O)c5)oc4c3)O[C@@H]2CO)[C@H](O)[C@H](O)[C@H]1O. The van der Waals surface area contributed by atoms with E-state index in [2.05, 4.69) is 0 Å². The first-order chi connectivity index (χ1) is 19.9. The van der Waals surface area contributed by atoms with Crippen molar-refractivity contribution in [2.24, 2.45) is 0 Å². The minimum absolute atomic E-state index is 0.0110. The summed E-state index contributed by atoms with van der Waals surface area (Å²) in [6.07, 6.45) is -15.3. The average Bonchev–Trinajstić information content (AvgIpc) is 2.95. The van der Waals surface area contributed by atoms with Crippen LogP contribution in [-0.2, 0) is 14.2 Å². The Hall–Kier alpha value is -3.51. The van der Waals surface area contributed by atoms with Gasteiger partial charge in [-0.1, -0.05) is 0 Å². The van der Waals surface area contributed by atoms with Crippen LogP contribution >= 0.6 is 0 Å². The maximum atomic E-state index is 12.7. The van der Waals surface area contributed by atoms with E-state index in [1.807, 2.05) is 0 Å². The normalized spacial score (nSPS) is 33.5. The zero-order valence-electron chi connectivity index (χ0n) is 21.9. The fourth-order valence-corrected chi connectivity index (χ4v) is 4.86. The van der Waals surface area contributed by atoms with Gasteiger partial charge in [-0.2, -0.15) is 0 Å². The van der Waals surface area contributed by atoms with Crippen molar-refractivity contribution in [1.82, 2.24) is 0 Å². The molecule has 42 heavy (non-hydrogen) atoms. The number of aromatic hydroxyl groups is 3. The molecule has 0 spiro atoms. The fraction of sp³-hybridized carbons (Fsp3) is 0.444. The molecule has 3 aromatic rings. The molecule has 0 bridgehead atoms. The van der Waals surface area contributed by atoms with Gasteiger partial charge in [-0.25, -0.2) is 0 Å². The first-order valence-electron chi connectivity index (χ1n) is 12.9. The summed E-state index contributed by atoms with van der Waals surface area (Å²) in [5.41, 5.74) is -0.541. The van der Waals surface area contributed by atoms with Crippen LogP contribution in [0.3, 0.4) is 0 Å². The summed E-state index contributed by atoms with van der Waals surface area (Å²) < 4.78 is 27.9. The molecule has 2 saturated heterocycles. The number of aliphatic hydroxyl groups excluding tert-OH is 6. The molecule has 1 aromatic heterocycles. The first-order valence-corrected chi connectivity index (χ1v) is 12.9. The highest BCUT2D eigenvalue weighted by atomic mass is 16.7. The summed E-state index contributed by atoms with van der Waals surface area (Å²) >= 11 is 0. The van der Waals surface area contributed by atoms with E-state index in [4.69, 9.17) is 23.4 Å². The second-order valence-corrected chi connectivity index (χ2v) is 10.1. The summed E-state index contributed by atoms with van der Waals surface area (Å²) in [4.78, 5) is 12.7. The van der Waals surface area contributed by atoms with Crippen LogP contribution in [0.15, 0.2) is 45.6 Å². The highest BCUT2D eigenvalue weighted by Gasteiger charge is 2.50. The van der Waals surface area contributed by atoms with Gasteiger partial charge >= 0.3 is 0 Å². The average molecular weight is 595 g/mol. The third kappa shape index (κ3) is 5.49. The molecule has 15 heteroatoms. The fourth-order valence-electron chi connectivity index (χ4n) is 4.86. The first kappa shape index (κ1) is 30.0. The minimum Gasteiger partial charge on any atom is -0.507 e. The summed E-state index contributed by atoms with van der Waals surface area (Å²) in [5.74, 6) is -1.56. The molecule has 2 fully saturated rings. The number of phenolic OH excluding ortho intramolecular Hbond substituents is 3. The lowest BCUT2D eigenvalue weighted by Crippen LogP contribution is -2.64. The second-order valence-electron chi connectivity index (χ2n) is 10.1. The Labute approximate surface area is 236 Å². The van der Waals surface area contributed by atoms with Crippen LogP contribution in [0, 0.1) is 0 Å². The quantitative estimate of drug-likeness (QED) is 0.149. The number of hydrogen-bond acceptors (Lipinski definition) is 15. The van der Waals surface area contributed by atoms with E-state index in [9.17, 15) is 50.8 Å². The maximum Gasteiger partial charge on any atom is 0.229 e. The molecule has 10 atom stereocenters. The predicted octanol–water partition coefficient (Wildman–Crippen LogP) is -1.39. The van der Waals surface area contributed by atoms with Crippen LogP contribution in [0.25, 0.3) is 22.3 Å². The molecule has 0 aliphatic carbocycles. The molecule has 0 unspecified atom stereocenters. The number of fused-ring (bicyclic) bond motifs is 1. The molecule has 15 nitrogen and oxygen atoms in total. The maximum absolute atomic E-state index is 12.7. The lowest BCUT2D eigenvalue weighted by Gasteiger charge is -2.45. The molecule has 9 N–H and O–H groups in total. The molecule has 5 rings (SSSR count). The van der Waals surface area contributed by atoms with E-state index in [1.54, 1.807) is 0 Å². The molecule has 3 heterocycles. The standard InChI is InChI=1S/C27H30O15/c1-9-20(33)21(34)23(36)26(38-9)42-25-18(8-28)41-27(24(37)22(25)35)39-11-5-14(31)19-15(32)7-16(40-17(19)6-11)10-2-3-12(29)13(30)4-10/h2-7,9,18,20-31,33-37H,8H2,1H3/t9-,18+,20-,21+,22+,23+,24+,25+,26-,27-/m0/s1. The lowest BCUT2D eigenvalue weighted by atomic mass is 9.97. The Morgan fingerprint density at radius 3 is 2.19 bits per heavy atom. The van der Waals surface area contributed by atoms with Crippen molar-refractivity contribution in [2.45, 2.75) is 68.3 Å². The molecule has 2 aliphatic rings. The Kier molecular flexibility index (Phi) is 8.30. The number of phenols is 3. The Morgan fingerprint density at radius 1 is 0.786 bits per heavy atom. The van der Waals surface area contributed by atoms with E-state index in [0.717, 1.165) is 12.1 Å². The topological polar surface area (TPSA) is 249 Å². The number of hydrogen-bond donors (Lipinski definition) is 9.